The molecule has 2 rings (SSSR count). The first kappa shape index (κ1) is 21.4. The zero-order valence-corrected chi connectivity index (χ0v) is 16.4. The van der Waals surface area contributed by atoms with Crippen LogP contribution in [0.15, 0.2) is 36.4 Å². The van der Waals surface area contributed by atoms with Crippen LogP contribution in [0.5, 0.6) is 5.75 Å². The average molecular weight is 385 g/mol. The molecule has 7 nitrogen and oxygen atoms in total. The Hall–Kier alpha value is -2.93. The molecule has 0 aliphatic carbocycles. The number of nitro groups is 1. The number of nitrogens with two attached hydrogens (primary N) is 1. The van der Waals surface area contributed by atoms with E-state index in [9.17, 15) is 14.9 Å². The first-order valence-electron chi connectivity index (χ1n) is 9.33. The lowest BCUT2D eigenvalue weighted by atomic mass is 10.0. The molecule has 0 aliphatic heterocycles. The molecule has 0 heterocycles. The highest BCUT2D eigenvalue weighted by Crippen LogP contribution is 2.28. The summed E-state index contributed by atoms with van der Waals surface area (Å²) in [6, 6.07) is 11.0. The number of carbonyl (C=O) groups is 1. The van der Waals surface area contributed by atoms with Crippen LogP contribution >= 0.6 is 0 Å². The van der Waals surface area contributed by atoms with Crippen LogP contribution in [0, 0.1) is 24.0 Å². The Morgan fingerprint density at radius 2 is 1.86 bits per heavy atom. The van der Waals surface area contributed by atoms with Crippen LogP contribution in [0.3, 0.4) is 0 Å². The van der Waals surface area contributed by atoms with Crippen LogP contribution in [0.1, 0.15) is 28.7 Å². The molecule has 0 saturated carbocycles. The Morgan fingerprint density at radius 3 is 2.50 bits per heavy atom. The molecule has 0 saturated heterocycles. The fraction of sp³-hybridized carbons (Fsp3) is 0.381. The number of benzene rings is 2. The predicted octanol–water partition coefficient (Wildman–Crippen LogP) is 2.84. The second kappa shape index (κ2) is 10.4. The van der Waals surface area contributed by atoms with E-state index < -0.39 is 4.92 Å². The van der Waals surface area contributed by atoms with Gasteiger partial charge >= 0.3 is 5.69 Å². The molecule has 0 fully saturated rings. The number of nitro benzene ring substituents is 1. The van der Waals surface area contributed by atoms with E-state index >= 15 is 0 Å². The van der Waals surface area contributed by atoms with Crippen molar-refractivity contribution in [1.82, 2.24) is 5.32 Å². The van der Waals surface area contributed by atoms with Gasteiger partial charge in [-0.25, -0.2) is 0 Å². The maximum atomic E-state index is 12.1. The highest BCUT2D eigenvalue weighted by molar-refractivity contribution is 5.78. The van der Waals surface area contributed by atoms with Crippen molar-refractivity contribution in [2.45, 2.75) is 33.1 Å². The number of hydrogen-bond acceptors (Lipinski definition) is 5. The third-order valence-corrected chi connectivity index (χ3v) is 4.21. The van der Waals surface area contributed by atoms with Gasteiger partial charge in [0.15, 0.2) is 5.75 Å². The topological polar surface area (TPSA) is 107 Å². The van der Waals surface area contributed by atoms with Gasteiger partial charge in [-0.2, -0.15) is 0 Å². The summed E-state index contributed by atoms with van der Waals surface area (Å²) < 4.78 is 5.28. The Balaban J connectivity index is 1.85. The van der Waals surface area contributed by atoms with Crippen LogP contribution in [0.4, 0.5) is 5.69 Å². The number of amides is 1. The maximum absolute atomic E-state index is 12.1. The number of aryl methyl sites for hydroxylation is 3. The molecule has 0 atom stereocenters. The molecular weight excluding hydrogens is 358 g/mol. The molecular formula is C21H27N3O4. The Morgan fingerprint density at radius 1 is 1.14 bits per heavy atom. The summed E-state index contributed by atoms with van der Waals surface area (Å²) in [5.74, 6) is -0.00148. The Bertz CT molecular complexity index is 816. The SMILES string of the molecule is Cc1cc(C)cc(CCCNC(=O)Cc2ccc(OCCN)c([N+](=O)[O-])c2)c1. The largest absolute Gasteiger partial charge is 0.485 e. The van der Waals surface area contributed by atoms with Crippen LogP contribution in [-0.4, -0.2) is 30.5 Å². The molecule has 3 N–H and O–H groups in total. The monoisotopic (exact) mass is 385 g/mol. The second-order valence-electron chi connectivity index (χ2n) is 6.82. The maximum Gasteiger partial charge on any atom is 0.311 e. The number of rotatable bonds is 10. The summed E-state index contributed by atoms with van der Waals surface area (Å²) in [6.07, 6.45) is 1.81. The van der Waals surface area contributed by atoms with Crippen molar-refractivity contribution in [2.75, 3.05) is 19.7 Å². The van der Waals surface area contributed by atoms with Gasteiger partial charge in [0.05, 0.1) is 11.3 Å². The van der Waals surface area contributed by atoms with E-state index in [1.165, 1.54) is 28.8 Å². The fourth-order valence-electron chi connectivity index (χ4n) is 3.09. The Labute approximate surface area is 165 Å². The third kappa shape index (κ3) is 6.66. The van der Waals surface area contributed by atoms with Crippen molar-refractivity contribution >= 4 is 11.6 Å². The van der Waals surface area contributed by atoms with Gasteiger partial charge in [0, 0.05) is 19.2 Å². The first-order chi connectivity index (χ1) is 13.4. The zero-order valence-electron chi connectivity index (χ0n) is 16.4. The lowest BCUT2D eigenvalue weighted by Gasteiger charge is -2.09. The number of hydrogen-bond donors (Lipinski definition) is 2. The lowest BCUT2D eigenvalue weighted by molar-refractivity contribution is -0.385. The molecule has 0 spiro atoms. The van der Waals surface area contributed by atoms with E-state index in [1.807, 2.05) is 0 Å². The highest BCUT2D eigenvalue weighted by Gasteiger charge is 2.17. The van der Waals surface area contributed by atoms with Crippen LogP contribution in [0.2, 0.25) is 0 Å². The van der Waals surface area contributed by atoms with Gasteiger partial charge in [0.25, 0.3) is 0 Å². The van der Waals surface area contributed by atoms with E-state index in [2.05, 4.69) is 37.4 Å². The van der Waals surface area contributed by atoms with E-state index in [4.69, 9.17) is 10.5 Å². The molecule has 1 amide bonds. The second-order valence-corrected chi connectivity index (χ2v) is 6.82. The normalized spacial score (nSPS) is 10.5. The Kier molecular flexibility index (Phi) is 7.95. The minimum absolute atomic E-state index is 0.0849. The minimum atomic E-state index is -0.517. The zero-order chi connectivity index (χ0) is 20.5. The summed E-state index contributed by atoms with van der Waals surface area (Å²) in [6.45, 7) is 5.17. The number of nitrogens with zero attached hydrogens (tertiary/aromatic N) is 1. The first-order valence-corrected chi connectivity index (χ1v) is 9.33. The van der Waals surface area contributed by atoms with E-state index in [0.29, 0.717) is 12.1 Å². The van der Waals surface area contributed by atoms with Gasteiger partial charge in [0.2, 0.25) is 5.91 Å². The van der Waals surface area contributed by atoms with Crippen molar-refractivity contribution in [3.8, 4) is 5.75 Å². The van der Waals surface area contributed by atoms with Gasteiger partial charge in [0.1, 0.15) is 6.61 Å². The molecule has 0 unspecified atom stereocenters. The summed E-state index contributed by atoms with van der Waals surface area (Å²) in [5, 5.41) is 14.1. The van der Waals surface area contributed by atoms with Gasteiger partial charge < -0.3 is 15.8 Å². The summed E-state index contributed by atoms with van der Waals surface area (Å²) in [5.41, 5.74) is 9.50. The smallest absolute Gasteiger partial charge is 0.311 e. The van der Waals surface area contributed by atoms with Crippen LogP contribution < -0.4 is 15.8 Å². The quantitative estimate of drug-likeness (QED) is 0.371. The lowest BCUT2D eigenvalue weighted by Crippen LogP contribution is -2.26. The van der Waals surface area contributed by atoms with Crippen LogP contribution in [-0.2, 0) is 17.6 Å². The van der Waals surface area contributed by atoms with Gasteiger partial charge in [-0.05, 0) is 43.9 Å². The van der Waals surface area contributed by atoms with E-state index in [1.54, 1.807) is 6.07 Å². The summed E-state index contributed by atoms with van der Waals surface area (Å²) in [4.78, 5) is 22.8. The van der Waals surface area contributed by atoms with Crippen molar-refractivity contribution in [3.05, 3.63) is 68.8 Å². The van der Waals surface area contributed by atoms with E-state index in [-0.39, 0.29) is 36.9 Å². The molecule has 2 aromatic carbocycles. The minimum Gasteiger partial charge on any atom is -0.485 e. The highest BCUT2D eigenvalue weighted by atomic mass is 16.6. The fourth-order valence-corrected chi connectivity index (χ4v) is 3.09. The average Bonchev–Trinajstić information content (AvgIpc) is 2.63. The summed E-state index contributed by atoms with van der Waals surface area (Å²) >= 11 is 0. The van der Waals surface area contributed by atoms with Crippen molar-refractivity contribution in [3.63, 3.8) is 0 Å². The van der Waals surface area contributed by atoms with Gasteiger partial charge in [-0.15, -0.1) is 0 Å². The molecule has 0 aromatic heterocycles. The van der Waals surface area contributed by atoms with Crippen molar-refractivity contribution in [2.24, 2.45) is 5.73 Å². The third-order valence-electron chi connectivity index (χ3n) is 4.21. The molecule has 0 radical (unpaired) electrons. The van der Waals surface area contributed by atoms with Gasteiger partial charge in [-0.3, -0.25) is 14.9 Å². The molecule has 150 valence electrons. The van der Waals surface area contributed by atoms with Crippen molar-refractivity contribution < 1.29 is 14.5 Å². The molecule has 0 bridgehead atoms. The number of ether oxygens (including phenoxy) is 1. The van der Waals surface area contributed by atoms with E-state index in [0.717, 1.165) is 12.8 Å². The predicted molar refractivity (Wildman–Crippen MR) is 109 cm³/mol. The number of carbonyl (C=O) groups excluding carboxylic acids is 1. The van der Waals surface area contributed by atoms with Crippen LogP contribution in [0.25, 0.3) is 0 Å². The van der Waals surface area contributed by atoms with Gasteiger partial charge in [-0.1, -0.05) is 35.4 Å². The number of nitrogens with one attached hydrogen (secondary N) is 1. The standard InChI is InChI=1S/C21H27N3O4/c1-15-10-16(2)12-17(11-15)4-3-8-23-21(25)14-18-5-6-20(28-9-7-22)19(13-18)24(26)27/h5-6,10-13H,3-4,7-9,14,22H2,1-2H3,(H,23,25). The molecule has 28 heavy (non-hydrogen) atoms. The molecule has 0 aliphatic rings. The van der Waals surface area contributed by atoms with Crippen molar-refractivity contribution in [1.29, 1.82) is 0 Å². The molecule has 7 heteroatoms. The summed E-state index contributed by atoms with van der Waals surface area (Å²) in [7, 11) is 0. The molecule has 2 aromatic rings.